The highest BCUT2D eigenvalue weighted by Gasteiger charge is 2.27. The highest BCUT2D eigenvalue weighted by molar-refractivity contribution is 7.99. The Morgan fingerprint density at radius 2 is 1.59 bits per heavy atom. The van der Waals surface area contributed by atoms with E-state index in [1.165, 1.54) is 26.4 Å². The molecule has 2 heterocycles. The monoisotopic (exact) mass is 682 g/mol. The number of nitrogens with zero attached hydrogens (tertiary/aromatic N) is 5. The molecule has 1 aromatic heterocycles. The van der Waals surface area contributed by atoms with Crippen molar-refractivity contribution in [2.24, 2.45) is 0 Å². The maximum atomic E-state index is 13.2. The molecule has 1 fully saturated rings. The average molecular weight is 683 g/mol. The smallest absolute Gasteiger partial charge is 0.243 e. The van der Waals surface area contributed by atoms with E-state index in [1.807, 2.05) is 37.3 Å². The van der Waals surface area contributed by atoms with E-state index in [0.717, 1.165) is 30.5 Å². The van der Waals surface area contributed by atoms with E-state index in [0.29, 0.717) is 48.4 Å². The van der Waals surface area contributed by atoms with Gasteiger partial charge in [0.15, 0.2) is 11.0 Å². The van der Waals surface area contributed by atoms with Crippen molar-refractivity contribution in [3.63, 3.8) is 0 Å². The van der Waals surface area contributed by atoms with Crippen LogP contribution in [0, 0.1) is 6.92 Å². The molecule has 1 aliphatic rings. The van der Waals surface area contributed by atoms with Crippen LogP contribution in [-0.2, 0) is 24.8 Å². The number of carbonyl (C=O) groups is 1. The first-order valence-corrected chi connectivity index (χ1v) is 19.1. The molecule has 11 nitrogen and oxygen atoms in total. The summed E-state index contributed by atoms with van der Waals surface area (Å²) in [7, 11) is -7.36. The fraction of sp³-hybridized carbons (Fsp3) is 0.344. The minimum Gasteiger partial charge on any atom is -0.325 e. The zero-order valence-electron chi connectivity index (χ0n) is 26.1. The van der Waals surface area contributed by atoms with E-state index >= 15 is 0 Å². The lowest BCUT2D eigenvalue weighted by atomic mass is 10.2. The fourth-order valence-electron chi connectivity index (χ4n) is 5.34. The highest BCUT2D eigenvalue weighted by Crippen LogP contribution is 2.31. The number of rotatable bonds is 12. The molecule has 46 heavy (non-hydrogen) atoms. The molecule has 1 aliphatic heterocycles. The van der Waals surface area contributed by atoms with Gasteiger partial charge in [-0.1, -0.05) is 68.4 Å². The second-order valence-corrected chi connectivity index (χ2v) is 15.7. The molecule has 4 aromatic rings. The fourth-order valence-corrected chi connectivity index (χ4v) is 9.14. The Bertz CT molecular complexity index is 1900. The van der Waals surface area contributed by atoms with Gasteiger partial charge in [0.25, 0.3) is 0 Å². The largest absolute Gasteiger partial charge is 0.325 e. The van der Waals surface area contributed by atoms with Gasteiger partial charge in [-0.05, 0) is 61.7 Å². The van der Waals surface area contributed by atoms with Crippen molar-refractivity contribution in [1.29, 1.82) is 0 Å². The number of nitrogens with one attached hydrogen (secondary N) is 1. The summed E-state index contributed by atoms with van der Waals surface area (Å²) in [6, 6.07) is 20.8. The third kappa shape index (κ3) is 7.20. The standard InChI is InChI=1S/C32H38N6O5S3/c1-4-36(5-2)45(40,41)27-16-12-13-25(21-27)31-34-35-32(38(31)26-14-8-6-9-15-26)44-23-30(39)33-29-22-28(18-17-24(29)3)46(42,43)37-19-10-7-11-20-37/h6,8-9,12-18,21-22H,4-5,7,10-11,19-20,23H2,1-3H3,(H,33,39). The van der Waals surface area contributed by atoms with Crippen LogP contribution >= 0.6 is 11.8 Å². The molecule has 1 saturated heterocycles. The Balaban J connectivity index is 1.39. The van der Waals surface area contributed by atoms with Crippen LogP contribution in [0.3, 0.4) is 0 Å². The SMILES string of the molecule is CCN(CC)S(=O)(=O)c1cccc(-c2nnc(SCC(=O)Nc3cc(S(=O)(=O)N4CCCCC4)ccc3C)n2-c2ccccc2)c1. The second-order valence-electron chi connectivity index (χ2n) is 10.9. The first kappa shape index (κ1) is 33.8. The van der Waals surface area contributed by atoms with Crippen LogP contribution in [0.4, 0.5) is 5.69 Å². The molecule has 0 spiro atoms. The van der Waals surface area contributed by atoms with Crippen molar-refractivity contribution in [3.05, 3.63) is 78.4 Å². The number of sulfonamides is 2. The number of aromatic nitrogens is 3. The zero-order valence-corrected chi connectivity index (χ0v) is 28.5. The molecular weight excluding hydrogens is 645 g/mol. The van der Waals surface area contributed by atoms with Gasteiger partial charge in [0.2, 0.25) is 26.0 Å². The molecule has 244 valence electrons. The van der Waals surface area contributed by atoms with Crippen LogP contribution in [0.2, 0.25) is 0 Å². The minimum atomic E-state index is -3.70. The quantitative estimate of drug-likeness (QED) is 0.202. The lowest BCUT2D eigenvalue weighted by Crippen LogP contribution is -2.35. The third-order valence-corrected chi connectivity index (χ3v) is 12.7. The average Bonchev–Trinajstić information content (AvgIpc) is 3.50. The molecular formula is C32H38N6O5S3. The number of benzene rings is 3. The van der Waals surface area contributed by atoms with Crippen LogP contribution < -0.4 is 5.32 Å². The predicted molar refractivity (Wildman–Crippen MR) is 180 cm³/mol. The Labute approximate surface area is 275 Å². The van der Waals surface area contributed by atoms with Crippen LogP contribution in [0.1, 0.15) is 38.7 Å². The molecule has 0 unspecified atom stereocenters. The third-order valence-electron chi connectivity index (χ3n) is 7.85. The number of aryl methyl sites for hydroxylation is 1. The van der Waals surface area contributed by atoms with Gasteiger partial charge in [0, 0.05) is 43.1 Å². The second kappa shape index (κ2) is 14.5. The predicted octanol–water partition coefficient (Wildman–Crippen LogP) is 5.18. The molecule has 0 radical (unpaired) electrons. The highest BCUT2D eigenvalue weighted by atomic mass is 32.2. The number of para-hydroxylation sites is 1. The normalized spacial score (nSPS) is 14.4. The molecule has 5 rings (SSSR count). The first-order chi connectivity index (χ1) is 22.1. The van der Waals surface area contributed by atoms with Crippen molar-refractivity contribution in [2.45, 2.75) is 55.0 Å². The number of hydrogen-bond acceptors (Lipinski definition) is 8. The Hall–Kier alpha value is -3.56. The van der Waals surface area contributed by atoms with E-state index in [-0.39, 0.29) is 21.5 Å². The van der Waals surface area contributed by atoms with Crippen molar-refractivity contribution in [2.75, 3.05) is 37.2 Å². The maximum Gasteiger partial charge on any atom is 0.243 e. The summed E-state index contributed by atoms with van der Waals surface area (Å²) in [5.74, 6) is 0.0680. The molecule has 3 aromatic carbocycles. The van der Waals surface area contributed by atoms with E-state index in [4.69, 9.17) is 0 Å². The van der Waals surface area contributed by atoms with E-state index in [2.05, 4.69) is 15.5 Å². The molecule has 0 atom stereocenters. The molecule has 0 bridgehead atoms. The van der Waals surface area contributed by atoms with Gasteiger partial charge < -0.3 is 5.32 Å². The molecule has 14 heteroatoms. The van der Waals surface area contributed by atoms with Crippen molar-refractivity contribution >= 4 is 43.4 Å². The van der Waals surface area contributed by atoms with Gasteiger partial charge in [0.1, 0.15) is 0 Å². The molecule has 0 aliphatic carbocycles. The first-order valence-electron chi connectivity index (χ1n) is 15.2. The number of hydrogen-bond donors (Lipinski definition) is 1. The summed E-state index contributed by atoms with van der Waals surface area (Å²) >= 11 is 1.17. The van der Waals surface area contributed by atoms with E-state index < -0.39 is 20.0 Å². The number of piperidine rings is 1. The van der Waals surface area contributed by atoms with Crippen molar-refractivity contribution in [3.8, 4) is 17.1 Å². The summed E-state index contributed by atoms with van der Waals surface area (Å²) < 4.78 is 57.7. The lowest BCUT2D eigenvalue weighted by molar-refractivity contribution is -0.113. The van der Waals surface area contributed by atoms with Gasteiger partial charge in [0.05, 0.1) is 15.5 Å². The topological polar surface area (TPSA) is 135 Å². The lowest BCUT2D eigenvalue weighted by Gasteiger charge is -2.26. The minimum absolute atomic E-state index is 0.0239. The number of carbonyl (C=O) groups excluding carboxylic acids is 1. The summed E-state index contributed by atoms with van der Waals surface area (Å²) in [4.78, 5) is 13.5. The van der Waals surface area contributed by atoms with Gasteiger partial charge in [-0.15, -0.1) is 10.2 Å². The summed E-state index contributed by atoms with van der Waals surface area (Å²) in [5, 5.41) is 12.1. The van der Waals surface area contributed by atoms with E-state index in [1.54, 1.807) is 54.8 Å². The Morgan fingerprint density at radius 3 is 2.28 bits per heavy atom. The molecule has 1 N–H and O–H groups in total. The summed E-state index contributed by atoms with van der Waals surface area (Å²) in [5.41, 5.74) is 2.47. The van der Waals surface area contributed by atoms with Gasteiger partial charge in [-0.25, -0.2) is 16.8 Å². The zero-order chi connectivity index (χ0) is 32.9. The summed E-state index contributed by atoms with van der Waals surface area (Å²) in [6.45, 7) is 7.10. The van der Waals surface area contributed by atoms with E-state index in [9.17, 15) is 21.6 Å². The molecule has 0 saturated carbocycles. The Morgan fingerprint density at radius 1 is 0.870 bits per heavy atom. The maximum absolute atomic E-state index is 13.2. The van der Waals surface area contributed by atoms with Gasteiger partial charge in [-0.2, -0.15) is 8.61 Å². The molecule has 1 amide bonds. The van der Waals surface area contributed by atoms with Crippen LogP contribution in [0.15, 0.2) is 87.7 Å². The van der Waals surface area contributed by atoms with Crippen molar-refractivity contribution in [1.82, 2.24) is 23.4 Å². The van der Waals surface area contributed by atoms with Crippen LogP contribution in [0.5, 0.6) is 0 Å². The summed E-state index contributed by atoms with van der Waals surface area (Å²) in [6.07, 6.45) is 2.69. The Kier molecular flexibility index (Phi) is 10.6. The van der Waals surface area contributed by atoms with Gasteiger partial charge in [-0.3, -0.25) is 9.36 Å². The van der Waals surface area contributed by atoms with Crippen LogP contribution in [0.25, 0.3) is 17.1 Å². The van der Waals surface area contributed by atoms with Crippen molar-refractivity contribution < 1.29 is 21.6 Å². The number of anilines is 1. The number of amides is 1. The van der Waals surface area contributed by atoms with Gasteiger partial charge >= 0.3 is 0 Å². The number of thioether (sulfide) groups is 1. The van der Waals surface area contributed by atoms with Crippen LogP contribution in [-0.4, -0.2) is 78.0 Å².